The first kappa shape index (κ1) is 16.5. The first-order valence-corrected chi connectivity index (χ1v) is 8.28. The third kappa shape index (κ3) is 4.85. The van der Waals surface area contributed by atoms with E-state index in [9.17, 15) is 0 Å². The van der Waals surface area contributed by atoms with Gasteiger partial charge in [0.15, 0.2) is 16.9 Å². The molecule has 0 fully saturated rings. The van der Waals surface area contributed by atoms with Crippen LogP contribution in [0, 0.1) is 5.92 Å². The molecular weight excluding hydrogens is 298 g/mol. The van der Waals surface area contributed by atoms with Gasteiger partial charge in [0.2, 0.25) is 0 Å². The van der Waals surface area contributed by atoms with E-state index in [2.05, 4.69) is 29.1 Å². The summed E-state index contributed by atoms with van der Waals surface area (Å²) >= 11 is 1.46. The zero-order valence-electron chi connectivity index (χ0n) is 13.0. The normalized spacial score (nSPS) is 12.1. The van der Waals surface area contributed by atoms with Crippen molar-refractivity contribution in [3.63, 3.8) is 0 Å². The highest BCUT2D eigenvalue weighted by Crippen LogP contribution is 2.26. The molecule has 0 bridgehead atoms. The third-order valence-corrected chi connectivity index (χ3v) is 3.83. The highest BCUT2D eigenvalue weighted by atomic mass is 32.1. The van der Waals surface area contributed by atoms with Crippen molar-refractivity contribution in [2.45, 2.75) is 33.2 Å². The van der Waals surface area contributed by atoms with Gasteiger partial charge in [0.05, 0.1) is 6.54 Å². The van der Waals surface area contributed by atoms with Crippen molar-refractivity contribution in [3.05, 3.63) is 23.3 Å². The number of anilines is 1. The van der Waals surface area contributed by atoms with Crippen molar-refractivity contribution in [2.75, 3.05) is 11.9 Å². The maximum atomic E-state index is 5.86. The van der Waals surface area contributed by atoms with E-state index in [1.54, 1.807) is 0 Å². The molecule has 0 saturated heterocycles. The monoisotopic (exact) mass is 321 g/mol. The van der Waals surface area contributed by atoms with E-state index in [0.717, 1.165) is 30.8 Å². The minimum absolute atomic E-state index is 0.380. The number of hydrogen-bond donors (Lipinski definition) is 3. The van der Waals surface area contributed by atoms with Crippen LogP contribution in [0.2, 0.25) is 0 Å². The topological polar surface area (TPSA) is 102 Å². The van der Waals surface area contributed by atoms with Crippen LogP contribution in [-0.4, -0.2) is 17.5 Å². The fraction of sp³-hybridized carbons (Fsp3) is 0.467. The Hall–Kier alpha value is -1.86. The van der Waals surface area contributed by atoms with E-state index in [1.165, 1.54) is 11.3 Å². The van der Waals surface area contributed by atoms with Gasteiger partial charge in [0.25, 0.3) is 0 Å². The Kier molecular flexibility index (Phi) is 5.97. The van der Waals surface area contributed by atoms with E-state index in [-0.39, 0.29) is 0 Å². The van der Waals surface area contributed by atoms with Gasteiger partial charge >= 0.3 is 0 Å². The highest BCUT2D eigenvalue weighted by molar-refractivity contribution is 7.14. The summed E-state index contributed by atoms with van der Waals surface area (Å²) in [6, 6.07) is 3.72. The van der Waals surface area contributed by atoms with Crippen LogP contribution in [0.15, 0.2) is 26.9 Å². The van der Waals surface area contributed by atoms with Crippen molar-refractivity contribution in [1.29, 1.82) is 0 Å². The molecule has 2 heterocycles. The lowest BCUT2D eigenvalue weighted by Crippen LogP contribution is -2.22. The summed E-state index contributed by atoms with van der Waals surface area (Å²) < 4.78 is 5.57. The van der Waals surface area contributed by atoms with Gasteiger partial charge < -0.3 is 21.2 Å². The number of aliphatic imine (C=N–C) groups is 1. The van der Waals surface area contributed by atoms with Gasteiger partial charge in [-0.25, -0.2) is 4.98 Å². The fourth-order valence-corrected chi connectivity index (χ4v) is 2.62. The first-order valence-electron chi connectivity index (χ1n) is 7.40. The Labute approximate surface area is 134 Å². The van der Waals surface area contributed by atoms with Gasteiger partial charge in [-0.1, -0.05) is 13.8 Å². The predicted octanol–water partition coefficient (Wildman–Crippen LogP) is 3.02. The summed E-state index contributed by atoms with van der Waals surface area (Å²) in [4.78, 5) is 8.74. The number of nitrogens with zero attached hydrogens (tertiary/aromatic N) is 2. The van der Waals surface area contributed by atoms with Crippen molar-refractivity contribution >= 4 is 22.4 Å². The number of aromatic nitrogens is 1. The molecular formula is C15H23N5OS. The molecule has 0 aromatic carbocycles. The number of nitrogens with one attached hydrogen (secondary N) is 1. The molecule has 0 aliphatic rings. The van der Waals surface area contributed by atoms with Crippen LogP contribution in [0.4, 0.5) is 5.13 Å². The van der Waals surface area contributed by atoms with Crippen LogP contribution in [0.3, 0.4) is 0 Å². The molecule has 120 valence electrons. The van der Waals surface area contributed by atoms with Crippen LogP contribution in [0.25, 0.3) is 11.5 Å². The summed E-state index contributed by atoms with van der Waals surface area (Å²) in [5.41, 5.74) is 12.2. The van der Waals surface area contributed by atoms with Gasteiger partial charge in [-0.05, 0) is 30.9 Å². The molecule has 22 heavy (non-hydrogen) atoms. The van der Waals surface area contributed by atoms with Gasteiger partial charge in [0.1, 0.15) is 11.5 Å². The second-order valence-corrected chi connectivity index (χ2v) is 6.29. The maximum absolute atomic E-state index is 5.86. The molecule has 0 aliphatic carbocycles. The zero-order valence-corrected chi connectivity index (χ0v) is 13.8. The zero-order chi connectivity index (χ0) is 15.9. The molecule has 0 spiro atoms. The molecule has 5 N–H and O–H groups in total. The van der Waals surface area contributed by atoms with E-state index in [0.29, 0.717) is 29.3 Å². The Morgan fingerprint density at radius 3 is 2.95 bits per heavy atom. The minimum atomic E-state index is 0.380. The molecule has 2 aromatic heterocycles. The van der Waals surface area contributed by atoms with Crippen LogP contribution >= 0.6 is 11.3 Å². The molecule has 0 saturated carbocycles. The minimum Gasteiger partial charge on any atom is -0.458 e. The van der Waals surface area contributed by atoms with Crippen LogP contribution < -0.4 is 16.8 Å². The van der Waals surface area contributed by atoms with Crippen molar-refractivity contribution < 1.29 is 4.42 Å². The second kappa shape index (κ2) is 7.95. The van der Waals surface area contributed by atoms with E-state index in [1.807, 2.05) is 17.5 Å². The standard InChI is InChI=1S/C15H23N5OS/c1-10(2)4-3-7-18-14(17)20-15-19-12(9-22-15)13-6-5-11(8-16)21-13/h5-6,9-10H,3-4,7-8,16H2,1-2H3,(H3,17,18,19,20). The molecule has 0 amide bonds. The van der Waals surface area contributed by atoms with Crippen molar-refractivity contribution in [2.24, 2.45) is 22.4 Å². The number of nitrogens with two attached hydrogens (primary N) is 2. The molecule has 6 nitrogen and oxygen atoms in total. The Morgan fingerprint density at radius 2 is 2.27 bits per heavy atom. The SMILES string of the molecule is CC(C)CCCN=C(N)Nc1nc(-c2ccc(CN)o2)cs1. The molecule has 0 aliphatic heterocycles. The van der Waals surface area contributed by atoms with Crippen LogP contribution in [-0.2, 0) is 6.54 Å². The molecule has 2 rings (SSSR count). The van der Waals surface area contributed by atoms with Gasteiger partial charge in [-0.3, -0.25) is 4.99 Å². The number of thiazole rings is 1. The van der Waals surface area contributed by atoms with Crippen molar-refractivity contribution in [1.82, 2.24) is 4.98 Å². The van der Waals surface area contributed by atoms with Gasteiger partial charge in [-0.15, -0.1) is 11.3 Å². The Morgan fingerprint density at radius 1 is 1.45 bits per heavy atom. The Bertz CT molecular complexity index is 617. The summed E-state index contributed by atoms with van der Waals surface area (Å²) in [5.74, 6) is 2.53. The highest BCUT2D eigenvalue weighted by Gasteiger charge is 2.09. The summed E-state index contributed by atoms with van der Waals surface area (Å²) in [6.07, 6.45) is 2.19. The summed E-state index contributed by atoms with van der Waals surface area (Å²) in [7, 11) is 0. The second-order valence-electron chi connectivity index (χ2n) is 5.44. The summed E-state index contributed by atoms with van der Waals surface area (Å²) in [5, 5.41) is 5.62. The number of hydrogen-bond acceptors (Lipinski definition) is 5. The lowest BCUT2D eigenvalue weighted by molar-refractivity contribution is 0.524. The fourth-order valence-electron chi connectivity index (χ4n) is 1.92. The molecule has 0 radical (unpaired) electrons. The largest absolute Gasteiger partial charge is 0.458 e. The van der Waals surface area contributed by atoms with Gasteiger partial charge in [-0.2, -0.15) is 0 Å². The maximum Gasteiger partial charge on any atom is 0.194 e. The van der Waals surface area contributed by atoms with E-state index < -0.39 is 0 Å². The lowest BCUT2D eigenvalue weighted by atomic mass is 10.1. The average molecular weight is 321 g/mol. The third-order valence-electron chi connectivity index (χ3n) is 3.08. The smallest absolute Gasteiger partial charge is 0.194 e. The number of rotatable bonds is 7. The van der Waals surface area contributed by atoms with E-state index >= 15 is 0 Å². The average Bonchev–Trinajstić information content (AvgIpc) is 3.11. The molecule has 0 atom stereocenters. The number of furan rings is 1. The molecule has 0 unspecified atom stereocenters. The van der Waals surface area contributed by atoms with Gasteiger partial charge in [0, 0.05) is 11.9 Å². The first-order chi connectivity index (χ1) is 10.6. The molecule has 2 aromatic rings. The predicted molar refractivity (Wildman–Crippen MR) is 91.9 cm³/mol. The quantitative estimate of drug-likeness (QED) is 0.413. The van der Waals surface area contributed by atoms with Crippen LogP contribution in [0.1, 0.15) is 32.4 Å². The lowest BCUT2D eigenvalue weighted by Gasteiger charge is -2.03. The van der Waals surface area contributed by atoms with Crippen LogP contribution in [0.5, 0.6) is 0 Å². The van der Waals surface area contributed by atoms with Crippen molar-refractivity contribution in [3.8, 4) is 11.5 Å². The Balaban J connectivity index is 1.89. The number of guanidine groups is 1. The molecule has 7 heteroatoms. The summed E-state index contributed by atoms with van der Waals surface area (Å²) in [6.45, 7) is 5.51. The van der Waals surface area contributed by atoms with E-state index in [4.69, 9.17) is 15.9 Å².